The van der Waals surface area contributed by atoms with Gasteiger partial charge >= 0.3 is 11.4 Å². The Balaban J connectivity index is 1.97. The fraction of sp³-hybridized carbons (Fsp3) is 0.333. The van der Waals surface area contributed by atoms with Gasteiger partial charge in [0.05, 0.1) is 9.85 Å². The molecule has 0 fully saturated rings. The minimum atomic E-state index is -1.67. The lowest BCUT2D eigenvalue weighted by atomic mass is 10.0. The number of aromatic nitrogens is 4. The van der Waals surface area contributed by atoms with Crippen molar-refractivity contribution in [3.8, 4) is 0 Å². The molecular formula is C24H20F4N6O5S2. The summed E-state index contributed by atoms with van der Waals surface area (Å²) in [5.74, 6) is -5.15. The van der Waals surface area contributed by atoms with Crippen LogP contribution in [0.2, 0.25) is 0 Å². The standard InChI is InChI=1S/C24H20F4N6O5S2/c1-9(2)21-29-23(40-31-21)19(11-5-17(33(35)36)15(27)7-13(11)25)39-20(24-30-22(10(3)4)32-41-24)12-6-18(34(37)38)16(28)8-14(12)26/h5-10,19-20H,1-4H3. The van der Waals surface area contributed by atoms with Crippen LogP contribution < -0.4 is 0 Å². The molecule has 2 aromatic carbocycles. The summed E-state index contributed by atoms with van der Waals surface area (Å²) >= 11 is 1.51. The van der Waals surface area contributed by atoms with E-state index >= 15 is 8.78 Å². The van der Waals surface area contributed by atoms with E-state index in [1.54, 1.807) is 27.7 Å². The molecule has 2 heterocycles. The first-order chi connectivity index (χ1) is 19.3. The predicted molar refractivity (Wildman–Crippen MR) is 139 cm³/mol. The van der Waals surface area contributed by atoms with E-state index in [4.69, 9.17) is 4.74 Å². The van der Waals surface area contributed by atoms with Gasteiger partial charge in [0.2, 0.25) is 11.6 Å². The Bertz CT molecular complexity index is 1510. The molecule has 0 spiro atoms. The van der Waals surface area contributed by atoms with Gasteiger partial charge in [-0.15, -0.1) is 0 Å². The molecule has 0 bridgehead atoms. The maximum absolute atomic E-state index is 15.2. The van der Waals surface area contributed by atoms with E-state index in [0.717, 1.165) is 23.1 Å². The zero-order valence-electron chi connectivity index (χ0n) is 21.7. The third-order valence-corrected chi connectivity index (χ3v) is 7.30. The molecule has 0 saturated carbocycles. The van der Waals surface area contributed by atoms with Gasteiger partial charge in [0, 0.05) is 47.2 Å². The number of nitrogens with zero attached hydrogens (tertiary/aromatic N) is 6. The molecule has 0 radical (unpaired) electrons. The van der Waals surface area contributed by atoms with Crippen molar-refractivity contribution in [1.82, 2.24) is 18.7 Å². The number of hydrogen-bond acceptors (Lipinski definition) is 11. The maximum atomic E-state index is 15.2. The highest BCUT2D eigenvalue weighted by Crippen LogP contribution is 2.41. The van der Waals surface area contributed by atoms with Crippen LogP contribution in [0.25, 0.3) is 0 Å². The molecule has 0 N–H and O–H groups in total. The lowest BCUT2D eigenvalue weighted by molar-refractivity contribution is -0.387. The summed E-state index contributed by atoms with van der Waals surface area (Å²) in [6, 6.07) is 1.83. The fourth-order valence-corrected chi connectivity index (χ4v) is 5.33. The number of benzene rings is 2. The van der Waals surface area contributed by atoms with Gasteiger partial charge in [-0.3, -0.25) is 20.2 Å². The van der Waals surface area contributed by atoms with E-state index in [1.165, 1.54) is 0 Å². The van der Waals surface area contributed by atoms with Crippen LogP contribution in [0, 0.1) is 43.5 Å². The second kappa shape index (κ2) is 11.9. The van der Waals surface area contributed by atoms with E-state index in [9.17, 15) is 29.0 Å². The summed E-state index contributed by atoms with van der Waals surface area (Å²) in [6.07, 6.45) is -3.33. The van der Waals surface area contributed by atoms with E-state index in [0.29, 0.717) is 35.9 Å². The molecule has 11 nitrogen and oxygen atoms in total. The van der Waals surface area contributed by atoms with Gasteiger partial charge in [0.25, 0.3) is 0 Å². The Morgan fingerprint density at radius 3 is 1.34 bits per heavy atom. The smallest absolute Gasteiger partial charge is 0.305 e. The highest BCUT2D eigenvalue weighted by molar-refractivity contribution is 7.05. The molecule has 0 aliphatic heterocycles. The summed E-state index contributed by atoms with van der Waals surface area (Å²) in [4.78, 5) is 29.5. The highest BCUT2D eigenvalue weighted by atomic mass is 32.1. The summed E-state index contributed by atoms with van der Waals surface area (Å²) < 4.78 is 73.5. The lowest BCUT2D eigenvalue weighted by Crippen LogP contribution is -2.17. The number of nitro benzene ring substituents is 2. The second-order valence-electron chi connectivity index (χ2n) is 9.35. The predicted octanol–water partition coefficient (Wildman–Crippen LogP) is 6.90. The van der Waals surface area contributed by atoms with Crippen LogP contribution in [0.5, 0.6) is 0 Å². The van der Waals surface area contributed by atoms with Crippen LogP contribution in [0.4, 0.5) is 28.9 Å². The molecule has 4 rings (SSSR count). The molecular weight excluding hydrogens is 592 g/mol. The Hall–Kier alpha value is -3.96. The van der Waals surface area contributed by atoms with Crippen LogP contribution in [-0.4, -0.2) is 28.6 Å². The van der Waals surface area contributed by atoms with Crippen molar-refractivity contribution in [3.63, 3.8) is 0 Å². The molecule has 2 aromatic heterocycles. The maximum Gasteiger partial charge on any atom is 0.305 e. The number of halogens is 4. The van der Waals surface area contributed by atoms with Crippen molar-refractivity contribution in [3.05, 3.63) is 101 Å². The lowest BCUT2D eigenvalue weighted by Gasteiger charge is -2.23. The quantitative estimate of drug-likeness (QED) is 0.106. The van der Waals surface area contributed by atoms with Crippen LogP contribution in [0.3, 0.4) is 0 Å². The number of rotatable bonds is 10. The SMILES string of the molecule is CC(C)c1nsc(C(OC(c2nc(C(C)C)ns2)c2cc([N+](=O)[O-])c(F)cc2F)c2cc([N+](=O)[O-])c(F)cc2F)n1. The van der Waals surface area contributed by atoms with E-state index in [1.807, 2.05) is 0 Å². The van der Waals surface area contributed by atoms with Crippen molar-refractivity contribution < 1.29 is 32.1 Å². The van der Waals surface area contributed by atoms with Gasteiger partial charge in [-0.05, 0) is 23.1 Å². The summed E-state index contributed by atoms with van der Waals surface area (Å²) in [5.41, 5.74) is -3.22. The number of nitro groups is 2. The Morgan fingerprint density at radius 2 is 1.05 bits per heavy atom. The summed E-state index contributed by atoms with van der Waals surface area (Å²) in [5, 5.41) is 22.8. The zero-order chi connectivity index (χ0) is 30.2. The second-order valence-corrected chi connectivity index (χ2v) is 10.9. The molecule has 0 saturated heterocycles. The Morgan fingerprint density at radius 1 is 0.683 bits per heavy atom. The van der Waals surface area contributed by atoms with Gasteiger partial charge < -0.3 is 4.74 Å². The first-order valence-electron chi connectivity index (χ1n) is 11.9. The van der Waals surface area contributed by atoms with Crippen molar-refractivity contribution in [1.29, 1.82) is 0 Å². The van der Waals surface area contributed by atoms with Gasteiger partial charge in [0.1, 0.15) is 45.5 Å². The summed E-state index contributed by atoms with van der Waals surface area (Å²) in [7, 11) is 0. The fourth-order valence-electron chi connectivity index (χ4n) is 3.63. The van der Waals surface area contributed by atoms with Gasteiger partial charge in [-0.1, -0.05) is 27.7 Å². The third kappa shape index (κ3) is 6.20. The van der Waals surface area contributed by atoms with Gasteiger partial charge in [-0.2, -0.15) is 17.5 Å². The van der Waals surface area contributed by atoms with Crippen LogP contribution in [0.1, 0.15) is 84.5 Å². The normalized spacial score (nSPS) is 13.1. The average molecular weight is 613 g/mol. The van der Waals surface area contributed by atoms with Crippen molar-refractivity contribution in [2.24, 2.45) is 0 Å². The van der Waals surface area contributed by atoms with Gasteiger partial charge in [0.15, 0.2) is 0 Å². The van der Waals surface area contributed by atoms with Crippen LogP contribution in [-0.2, 0) is 4.74 Å². The topological polar surface area (TPSA) is 147 Å². The van der Waals surface area contributed by atoms with Gasteiger partial charge in [-0.25, -0.2) is 18.7 Å². The molecule has 0 aliphatic rings. The zero-order valence-corrected chi connectivity index (χ0v) is 23.3. The van der Waals surface area contributed by atoms with Crippen LogP contribution in [0.15, 0.2) is 24.3 Å². The van der Waals surface area contributed by atoms with Crippen molar-refractivity contribution in [2.75, 3.05) is 0 Å². The molecule has 216 valence electrons. The average Bonchev–Trinajstić information content (AvgIpc) is 3.56. The Kier molecular flexibility index (Phi) is 8.69. The molecule has 4 aromatic rings. The first kappa shape index (κ1) is 30.0. The monoisotopic (exact) mass is 612 g/mol. The molecule has 17 heteroatoms. The first-order valence-corrected chi connectivity index (χ1v) is 13.4. The third-order valence-electron chi connectivity index (χ3n) is 5.76. The van der Waals surface area contributed by atoms with E-state index < -0.39 is 67.8 Å². The van der Waals surface area contributed by atoms with Crippen molar-refractivity contribution in [2.45, 2.75) is 51.7 Å². The highest BCUT2D eigenvalue weighted by Gasteiger charge is 2.35. The van der Waals surface area contributed by atoms with Crippen LogP contribution >= 0.6 is 23.1 Å². The van der Waals surface area contributed by atoms with Crippen molar-refractivity contribution >= 4 is 34.4 Å². The van der Waals surface area contributed by atoms with E-state index in [-0.39, 0.29) is 21.9 Å². The largest absolute Gasteiger partial charge is 0.351 e. The Labute approximate surface area is 237 Å². The minimum Gasteiger partial charge on any atom is -0.351 e. The number of ether oxygens (including phenoxy) is 1. The summed E-state index contributed by atoms with van der Waals surface area (Å²) in [6.45, 7) is 7.09. The molecule has 2 unspecified atom stereocenters. The van der Waals surface area contributed by atoms with E-state index in [2.05, 4.69) is 18.7 Å². The molecule has 0 amide bonds. The molecule has 41 heavy (non-hydrogen) atoms. The number of hydrogen-bond donors (Lipinski definition) is 0. The molecule has 0 aliphatic carbocycles. The molecule has 2 atom stereocenters. The minimum absolute atomic E-state index is 0.0378.